The molecule has 1 aliphatic rings. The lowest BCUT2D eigenvalue weighted by Crippen LogP contribution is -2.32. The minimum atomic E-state index is -4.24. The van der Waals surface area contributed by atoms with Crippen molar-refractivity contribution in [3.63, 3.8) is 0 Å². The number of halogens is 4. The SMILES string of the molecule is CC(O)c1cc(Br)ccc1N1CC=C(C(F)(F)F)CC1. The van der Waals surface area contributed by atoms with Crippen LogP contribution in [0.4, 0.5) is 18.9 Å². The standard InChI is InChI=1S/C14H15BrF3NO/c1-9(20)12-8-11(15)2-3-13(12)19-6-4-10(5-7-19)14(16,17)18/h2-4,8-9,20H,5-7H2,1H3. The average Bonchev–Trinajstić information content (AvgIpc) is 2.37. The van der Waals surface area contributed by atoms with Crippen molar-refractivity contribution in [2.24, 2.45) is 0 Å². The number of aliphatic hydroxyl groups excluding tert-OH is 1. The Morgan fingerprint density at radius 3 is 2.55 bits per heavy atom. The van der Waals surface area contributed by atoms with E-state index < -0.39 is 17.9 Å². The minimum absolute atomic E-state index is 0.0290. The van der Waals surface area contributed by atoms with Crippen molar-refractivity contribution in [1.29, 1.82) is 0 Å². The highest BCUT2D eigenvalue weighted by Gasteiger charge is 2.35. The molecule has 20 heavy (non-hydrogen) atoms. The average molecular weight is 350 g/mol. The van der Waals surface area contributed by atoms with Crippen LogP contribution in [0.25, 0.3) is 0 Å². The van der Waals surface area contributed by atoms with Gasteiger partial charge in [-0.05, 0) is 31.5 Å². The molecule has 6 heteroatoms. The van der Waals surface area contributed by atoms with Gasteiger partial charge < -0.3 is 10.0 Å². The van der Waals surface area contributed by atoms with Gasteiger partial charge in [-0.1, -0.05) is 22.0 Å². The highest BCUT2D eigenvalue weighted by Crippen LogP contribution is 2.34. The van der Waals surface area contributed by atoms with E-state index in [2.05, 4.69) is 15.9 Å². The van der Waals surface area contributed by atoms with Crippen LogP contribution in [0.15, 0.2) is 34.3 Å². The summed E-state index contributed by atoms with van der Waals surface area (Å²) in [5.41, 5.74) is 1.02. The number of alkyl halides is 3. The van der Waals surface area contributed by atoms with Gasteiger partial charge in [0, 0.05) is 34.4 Å². The van der Waals surface area contributed by atoms with Gasteiger partial charge in [0.25, 0.3) is 0 Å². The number of aliphatic hydroxyl groups is 1. The molecule has 0 fully saturated rings. The zero-order chi connectivity index (χ0) is 14.9. The molecule has 1 atom stereocenters. The zero-order valence-electron chi connectivity index (χ0n) is 10.9. The van der Waals surface area contributed by atoms with Crippen molar-refractivity contribution in [1.82, 2.24) is 0 Å². The van der Waals surface area contributed by atoms with Gasteiger partial charge in [-0.2, -0.15) is 13.2 Å². The van der Waals surface area contributed by atoms with Crippen LogP contribution in [0.1, 0.15) is 25.0 Å². The van der Waals surface area contributed by atoms with Crippen molar-refractivity contribution in [2.75, 3.05) is 18.0 Å². The van der Waals surface area contributed by atoms with Gasteiger partial charge in [0.2, 0.25) is 0 Å². The van der Waals surface area contributed by atoms with E-state index in [0.29, 0.717) is 12.1 Å². The Morgan fingerprint density at radius 2 is 2.05 bits per heavy atom. The maximum atomic E-state index is 12.6. The molecule has 2 nitrogen and oxygen atoms in total. The van der Waals surface area contributed by atoms with Gasteiger partial charge >= 0.3 is 6.18 Å². The molecule has 110 valence electrons. The van der Waals surface area contributed by atoms with Gasteiger partial charge in [0.15, 0.2) is 0 Å². The molecule has 0 bridgehead atoms. The third kappa shape index (κ3) is 3.35. The summed E-state index contributed by atoms with van der Waals surface area (Å²) >= 11 is 3.33. The van der Waals surface area contributed by atoms with Gasteiger partial charge in [-0.15, -0.1) is 0 Å². The summed E-state index contributed by atoms with van der Waals surface area (Å²) in [4.78, 5) is 1.85. The van der Waals surface area contributed by atoms with Crippen molar-refractivity contribution in [3.8, 4) is 0 Å². The molecule has 0 saturated heterocycles. The molecule has 1 aromatic carbocycles. The Labute approximate surface area is 124 Å². The molecule has 0 spiro atoms. The fraction of sp³-hybridized carbons (Fsp3) is 0.429. The van der Waals surface area contributed by atoms with E-state index in [4.69, 9.17) is 0 Å². The molecule has 0 aromatic heterocycles. The van der Waals surface area contributed by atoms with Crippen molar-refractivity contribution in [3.05, 3.63) is 39.9 Å². The first-order chi connectivity index (χ1) is 9.29. The lowest BCUT2D eigenvalue weighted by Gasteiger charge is -2.31. The van der Waals surface area contributed by atoms with Crippen molar-refractivity contribution in [2.45, 2.75) is 25.6 Å². The molecule has 1 unspecified atom stereocenters. The number of hydrogen-bond acceptors (Lipinski definition) is 2. The largest absolute Gasteiger partial charge is 0.412 e. The molecule has 1 aliphatic heterocycles. The summed E-state index contributed by atoms with van der Waals surface area (Å²) in [7, 11) is 0. The fourth-order valence-electron chi connectivity index (χ4n) is 2.29. The van der Waals surface area contributed by atoms with Crippen LogP contribution < -0.4 is 4.90 Å². The molecule has 1 aromatic rings. The Balaban J connectivity index is 2.25. The van der Waals surface area contributed by atoms with E-state index in [9.17, 15) is 18.3 Å². The molecule has 1 N–H and O–H groups in total. The Bertz CT molecular complexity index is 526. The maximum Gasteiger partial charge on any atom is 0.412 e. The number of hydrogen-bond donors (Lipinski definition) is 1. The second kappa shape index (κ2) is 5.77. The predicted octanol–water partition coefficient (Wildman–Crippen LogP) is 4.20. The van der Waals surface area contributed by atoms with Crippen LogP contribution in [-0.4, -0.2) is 24.4 Å². The van der Waals surface area contributed by atoms with Crippen LogP contribution >= 0.6 is 15.9 Å². The number of benzene rings is 1. The summed E-state index contributed by atoms with van der Waals surface area (Å²) in [5, 5.41) is 9.80. The first-order valence-corrected chi connectivity index (χ1v) is 7.07. The van der Waals surface area contributed by atoms with E-state index in [1.54, 1.807) is 13.0 Å². The van der Waals surface area contributed by atoms with Gasteiger partial charge in [0.05, 0.1) is 6.10 Å². The monoisotopic (exact) mass is 349 g/mol. The summed E-state index contributed by atoms with van der Waals surface area (Å²) in [5.74, 6) is 0. The van der Waals surface area contributed by atoms with E-state index in [-0.39, 0.29) is 13.0 Å². The van der Waals surface area contributed by atoms with Gasteiger partial charge in [-0.25, -0.2) is 0 Å². The van der Waals surface area contributed by atoms with E-state index in [0.717, 1.165) is 10.2 Å². The topological polar surface area (TPSA) is 23.5 Å². The second-order valence-electron chi connectivity index (χ2n) is 4.80. The van der Waals surface area contributed by atoms with Crippen LogP contribution in [0, 0.1) is 0 Å². The fourth-order valence-corrected chi connectivity index (χ4v) is 2.67. The number of rotatable bonds is 2. The molecular formula is C14H15BrF3NO. The molecule has 2 rings (SSSR count). The molecular weight excluding hydrogens is 335 g/mol. The lowest BCUT2D eigenvalue weighted by atomic mass is 10.0. The summed E-state index contributed by atoms with van der Waals surface area (Å²) < 4.78 is 38.6. The first-order valence-electron chi connectivity index (χ1n) is 6.27. The van der Waals surface area contributed by atoms with Crippen molar-refractivity contribution >= 4 is 21.6 Å². The molecule has 1 heterocycles. The van der Waals surface area contributed by atoms with E-state index >= 15 is 0 Å². The molecule has 0 saturated carbocycles. The smallest absolute Gasteiger partial charge is 0.389 e. The summed E-state index contributed by atoms with van der Waals surface area (Å²) in [6.45, 7) is 2.15. The van der Waals surface area contributed by atoms with E-state index in [1.165, 1.54) is 6.08 Å². The van der Waals surface area contributed by atoms with Crippen LogP contribution in [-0.2, 0) is 0 Å². The zero-order valence-corrected chi connectivity index (χ0v) is 12.5. The Hall–Kier alpha value is -1.01. The Morgan fingerprint density at radius 1 is 1.35 bits per heavy atom. The second-order valence-corrected chi connectivity index (χ2v) is 5.72. The first kappa shape index (κ1) is 15.4. The summed E-state index contributed by atoms with van der Waals surface area (Å²) in [6.07, 6.45) is -3.72. The molecule has 0 amide bonds. The lowest BCUT2D eigenvalue weighted by molar-refractivity contribution is -0.0944. The highest BCUT2D eigenvalue weighted by molar-refractivity contribution is 9.10. The maximum absolute atomic E-state index is 12.6. The minimum Gasteiger partial charge on any atom is -0.389 e. The van der Waals surface area contributed by atoms with E-state index in [1.807, 2.05) is 17.0 Å². The van der Waals surface area contributed by atoms with Gasteiger partial charge in [-0.3, -0.25) is 0 Å². The summed E-state index contributed by atoms with van der Waals surface area (Å²) in [6, 6.07) is 5.44. The van der Waals surface area contributed by atoms with Crippen LogP contribution in [0.3, 0.4) is 0 Å². The number of anilines is 1. The third-order valence-electron chi connectivity index (χ3n) is 3.35. The number of nitrogens with zero attached hydrogens (tertiary/aromatic N) is 1. The molecule has 0 aliphatic carbocycles. The Kier molecular flexibility index (Phi) is 4.44. The van der Waals surface area contributed by atoms with Crippen molar-refractivity contribution < 1.29 is 18.3 Å². The predicted molar refractivity (Wildman–Crippen MR) is 75.7 cm³/mol. The van der Waals surface area contributed by atoms with Gasteiger partial charge in [0.1, 0.15) is 0 Å². The van der Waals surface area contributed by atoms with Crippen LogP contribution in [0.2, 0.25) is 0 Å². The quantitative estimate of drug-likeness (QED) is 0.808. The highest BCUT2D eigenvalue weighted by atomic mass is 79.9. The van der Waals surface area contributed by atoms with Crippen LogP contribution in [0.5, 0.6) is 0 Å². The third-order valence-corrected chi connectivity index (χ3v) is 3.85. The molecule has 0 radical (unpaired) electrons. The normalized spacial score (nSPS) is 17.9.